The number of likely N-dealkylation sites (N-methyl/N-ethyl adjacent to an activating group) is 1. The highest BCUT2D eigenvalue weighted by Crippen LogP contribution is 2.38. The summed E-state index contributed by atoms with van der Waals surface area (Å²) in [6, 6.07) is -0.915. The number of unbranched alkanes of at least 4 members (excludes halogenated alkanes) is 39. The highest BCUT2D eigenvalue weighted by molar-refractivity contribution is 7.45. The molecule has 9 nitrogen and oxygen atoms in total. The standard InChI is InChI=1S/C77H141N2O7P/c1-7-10-13-16-19-22-25-28-30-32-34-36-37-38-39-40-41-43-45-47-49-52-55-58-61-64-67-70-77(81)86-75(68-65-62-59-56-53-50-27-24-21-18-15-12-9-3)74(73-85-87(82,83)84-72-71-79(4,5)6)78-76(80)69-66-63-60-57-54-51-48-46-44-42-35-33-31-29-26-23-20-17-14-11-8-2/h11,14,20,23,29,31,35,42,46,48,54,57,65,68,74-75H,7-10,12-13,15-19,21-22,24-28,30,32-34,36-41,43-45,47,49-53,55-56,58-64,66-67,69-73H2,1-6H3,(H-,78,80,82,83)/b14-11-,23-20-,31-29-,42-35-,48-46-,57-54-,68-65-. The van der Waals surface area contributed by atoms with Crippen molar-refractivity contribution < 1.29 is 37.3 Å². The summed E-state index contributed by atoms with van der Waals surface area (Å²) >= 11 is 0. The van der Waals surface area contributed by atoms with Crippen LogP contribution in [-0.4, -0.2) is 69.4 Å². The molecule has 10 heteroatoms. The zero-order valence-corrected chi connectivity index (χ0v) is 58.9. The largest absolute Gasteiger partial charge is 0.756 e. The summed E-state index contributed by atoms with van der Waals surface area (Å²) in [5.74, 6) is -0.581. The predicted octanol–water partition coefficient (Wildman–Crippen LogP) is 23.0. The third-order valence-corrected chi connectivity index (χ3v) is 17.3. The molecular weight excluding hydrogens is 1100 g/mol. The van der Waals surface area contributed by atoms with Gasteiger partial charge in [0.15, 0.2) is 0 Å². The topological polar surface area (TPSA) is 114 Å². The van der Waals surface area contributed by atoms with E-state index in [4.69, 9.17) is 13.8 Å². The predicted molar refractivity (Wildman–Crippen MR) is 376 cm³/mol. The maximum atomic E-state index is 13.6. The van der Waals surface area contributed by atoms with E-state index >= 15 is 0 Å². The fraction of sp³-hybridized carbons (Fsp3) is 0.792. The van der Waals surface area contributed by atoms with Crippen molar-refractivity contribution in [3.8, 4) is 0 Å². The number of rotatable bonds is 67. The van der Waals surface area contributed by atoms with Gasteiger partial charge in [0.1, 0.15) is 19.3 Å². The van der Waals surface area contributed by atoms with E-state index in [9.17, 15) is 19.0 Å². The van der Waals surface area contributed by atoms with Gasteiger partial charge in [-0.2, -0.15) is 0 Å². The fourth-order valence-electron chi connectivity index (χ4n) is 10.7. The fourth-order valence-corrected chi connectivity index (χ4v) is 11.4. The first-order valence-corrected chi connectivity index (χ1v) is 38.4. The van der Waals surface area contributed by atoms with Gasteiger partial charge in [-0.05, 0) is 83.1 Å². The van der Waals surface area contributed by atoms with Crippen LogP contribution in [0.4, 0.5) is 0 Å². The Kier molecular flexibility index (Phi) is 64.0. The minimum absolute atomic E-state index is 0.0327. The monoisotopic (exact) mass is 1240 g/mol. The van der Waals surface area contributed by atoms with Gasteiger partial charge >= 0.3 is 5.97 Å². The molecule has 0 rings (SSSR count). The molecular formula is C77H141N2O7P. The molecule has 3 unspecified atom stereocenters. The van der Waals surface area contributed by atoms with Crippen molar-refractivity contribution in [2.45, 2.75) is 354 Å². The Balaban J connectivity index is 5.09. The van der Waals surface area contributed by atoms with E-state index in [0.717, 1.165) is 89.9 Å². The molecule has 0 saturated heterocycles. The van der Waals surface area contributed by atoms with Crippen molar-refractivity contribution in [2.75, 3.05) is 40.9 Å². The van der Waals surface area contributed by atoms with Gasteiger partial charge in [-0.1, -0.05) is 331 Å². The number of hydrogen-bond donors (Lipinski definition) is 1. The Morgan fingerprint density at radius 3 is 1.11 bits per heavy atom. The molecule has 0 aromatic heterocycles. The van der Waals surface area contributed by atoms with E-state index in [1.165, 1.54) is 212 Å². The summed E-state index contributed by atoms with van der Waals surface area (Å²) in [6.45, 7) is 6.74. The first-order valence-electron chi connectivity index (χ1n) is 36.9. The highest BCUT2D eigenvalue weighted by atomic mass is 31.2. The van der Waals surface area contributed by atoms with Gasteiger partial charge in [0.05, 0.1) is 33.8 Å². The van der Waals surface area contributed by atoms with Gasteiger partial charge in [-0.3, -0.25) is 14.2 Å². The quantitative estimate of drug-likeness (QED) is 0.0212. The van der Waals surface area contributed by atoms with Crippen molar-refractivity contribution >= 4 is 19.7 Å². The Morgan fingerprint density at radius 2 is 0.736 bits per heavy atom. The van der Waals surface area contributed by atoms with Crippen LogP contribution in [0, 0.1) is 0 Å². The van der Waals surface area contributed by atoms with E-state index in [2.05, 4.69) is 99.0 Å². The minimum Gasteiger partial charge on any atom is -0.756 e. The molecule has 0 radical (unpaired) electrons. The average molecular weight is 1240 g/mol. The van der Waals surface area contributed by atoms with E-state index in [0.29, 0.717) is 17.4 Å². The van der Waals surface area contributed by atoms with Gasteiger partial charge in [0, 0.05) is 12.8 Å². The molecule has 0 aromatic carbocycles. The van der Waals surface area contributed by atoms with Crippen LogP contribution in [0.1, 0.15) is 342 Å². The SMILES string of the molecule is CC/C=C\C/C=C\C/C=C\C/C=C\C/C=C\C/C=C\CCCCC(=O)NC(COP(=O)([O-])OCC[N+](C)(C)C)C(/C=C\CCCCCCCCCCCCC)OC(=O)CCCCCCCCCCCCCCCCCCCCCCCCCCCCC. The van der Waals surface area contributed by atoms with Crippen LogP contribution >= 0.6 is 7.82 Å². The lowest BCUT2D eigenvalue weighted by atomic mass is 10.0. The molecule has 1 amide bonds. The second kappa shape index (κ2) is 66.1. The maximum Gasteiger partial charge on any atom is 0.306 e. The summed E-state index contributed by atoms with van der Waals surface area (Å²) in [5.41, 5.74) is 0. The molecule has 0 bridgehead atoms. The first-order chi connectivity index (χ1) is 42.4. The number of ether oxygens (including phenoxy) is 1. The Morgan fingerprint density at radius 1 is 0.414 bits per heavy atom. The van der Waals surface area contributed by atoms with Crippen molar-refractivity contribution in [2.24, 2.45) is 0 Å². The lowest BCUT2D eigenvalue weighted by molar-refractivity contribution is -0.870. The van der Waals surface area contributed by atoms with Crippen LogP contribution < -0.4 is 10.2 Å². The lowest BCUT2D eigenvalue weighted by Crippen LogP contribution is -2.47. The summed E-state index contributed by atoms with van der Waals surface area (Å²) in [4.78, 5) is 40.2. The number of esters is 1. The van der Waals surface area contributed by atoms with Crippen molar-refractivity contribution in [3.63, 3.8) is 0 Å². The van der Waals surface area contributed by atoms with Gasteiger partial charge in [-0.15, -0.1) is 0 Å². The zero-order valence-electron chi connectivity index (χ0n) is 58.0. The molecule has 0 aliphatic rings. The van der Waals surface area contributed by atoms with Crippen LogP contribution in [0.3, 0.4) is 0 Å². The number of carbonyl (C=O) groups excluding carboxylic acids is 2. The number of phosphoric acid groups is 1. The minimum atomic E-state index is -4.72. The third kappa shape index (κ3) is 67.4. The van der Waals surface area contributed by atoms with E-state index < -0.39 is 26.6 Å². The summed E-state index contributed by atoms with van der Waals surface area (Å²) < 4.78 is 30.4. The van der Waals surface area contributed by atoms with E-state index in [1.807, 2.05) is 33.3 Å². The smallest absolute Gasteiger partial charge is 0.306 e. The molecule has 0 aliphatic carbocycles. The molecule has 0 aliphatic heterocycles. The number of phosphoric ester groups is 1. The number of carbonyl (C=O) groups is 2. The van der Waals surface area contributed by atoms with Crippen LogP contribution in [0.5, 0.6) is 0 Å². The van der Waals surface area contributed by atoms with Crippen LogP contribution in [0.2, 0.25) is 0 Å². The van der Waals surface area contributed by atoms with Crippen LogP contribution in [-0.2, 0) is 27.9 Å². The molecule has 506 valence electrons. The van der Waals surface area contributed by atoms with Crippen LogP contribution in [0.25, 0.3) is 0 Å². The molecule has 0 aromatic rings. The summed E-state index contributed by atoms with van der Waals surface area (Å²) in [6.07, 6.45) is 88.7. The average Bonchev–Trinajstić information content (AvgIpc) is 3.69. The van der Waals surface area contributed by atoms with Gasteiger partial charge in [0.25, 0.3) is 7.82 Å². The highest BCUT2D eigenvalue weighted by Gasteiger charge is 2.27. The normalized spacial score (nSPS) is 14.0. The Bertz CT molecular complexity index is 1760. The van der Waals surface area contributed by atoms with Gasteiger partial charge in [0.2, 0.25) is 5.91 Å². The molecule has 0 spiro atoms. The molecule has 3 atom stereocenters. The van der Waals surface area contributed by atoms with Crippen LogP contribution in [0.15, 0.2) is 85.1 Å². The molecule has 1 N–H and O–H groups in total. The summed E-state index contributed by atoms with van der Waals surface area (Å²) in [7, 11) is 1.16. The molecule has 0 fully saturated rings. The van der Waals surface area contributed by atoms with Gasteiger partial charge < -0.3 is 28.5 Å². The van der Waals surface area contributed by atoms with E-state index in [-0.39, 0.29) is 31.3 Å². The van der Waals surface area contributed by atoms with Crippen molar-refractivity contribution in [1.82, 2.24) is 5.32 Å². The third-order valence-electron chi connectivity index (χ3n) is 16.3. The number of amides is 1. The van der Waals surface area contributed by atoms with Crippen molar-refractivity contribution in [1.29, 1.82) is 0 Å². The number of quaternary nitrogens is 1. The lowest BCUT2D eigenvalue weighted by Gasteiger charge is -2.30. The second-order valence-electron chi connectivity index (χ2n) is 26.1. The number of nitrogens with zero attached hydrogens (tertiary/aromatic N) is 1. The Hall–Kier alpha value is -2.81. The zero-order chi connectivity index (χ0) is 63.5. The molecule has 0 heterocycles. The summed E-state index contributed by atoms with van der Waals surface area (Å²) in [5, 5.41) is 3.02. The first kappa shape index (κ1) is 84.2. The number of allylic oxidation sites excluding steroid dienone is 13. The molecule has 0 saturated carbocycles. The maximum absolute atomic E-state index is 13.6. The number of nitrogens with one attached hydrogen (secondary N) is 1. The Labute approximate surface area is 539 Å². The second-order valence-corrected chi connectivity index (χ2v) is 27.5. The van der Waals surface area contributed by atoms with Crippen molar-refractivity contribution in [3.05, 3.63) is 85.1 Å². The molecule has 87 heavy (non-hydrogen) atoms. The van der Waals surface area contributed by atoms with Gasteiger partial charge in [-0.25, -0.2) is 0 Å². The number of hydrogen-bond acceptors (Lipinski definition) is 7. The van der Waals surface area contributed by atoms with E-state index in [1.54, 1.807) is 0 Å².